The van der Waals surface area contributed by atoms with Crippen LogP contribution in [0.2, 0.25) is 0 Å². The summed E-state index contributed by atoms with van der Waals surface area (Å²) in [7, 11) is 1.35. The summed E-state index contributed by atoms with van der Waals surface area (Å²) in [6.07, 6.45) is 0.208. The zero-order valence-corrected chi connectivity index (χ0v) is 12.7. The van der Waals surface area contributed by atoms with Crippen LogP contribution in [-0.4, -0.2) is 18.9 Å². The highest BCUT2D eigenvalue weighted by atomic mass is 79.9. The molecule has 0 unspecified atom stereocenters. The molecule has 2 rings (SSSR count). The fourth-order valence-electron chi connectivity index (χ4n) is 1.38. The van der Waals surface area contributed by atoms with E-state index >= 15 is 0 Å². The smallest absolute Gasteiger partial charge is 0.310 e. The van der Waals surface area contributed by atoms with Crippen LogP contribution in [0.3, 0.4) is 0 Å². The number of esters is 1. The van der Waals surface area contributed by atoms with E-state index in [-0.39, 0.29) is 18.2 Å². The van der Waals surface area contributed by atoms with Gasteiger partial charge in [0.05, 0.1) is 23.3 Å². The van der Waals surface area contributed by atoms with Crippen molar-refractivity contribution in [1.82, 2.24) is 0 Å². The quantitative estimate of drug-likeness (QED) is 0.629. The summed E-state index contributed by atoms with van der Waals surface area (Å²) >= 11 is 6.07. The van der Waals surface area contributed by atoms with E-state index in [1.165, 1.54) is 29.8 Å². The van der Waals surface area contributed by atoms with Crippen molar-refractivity contribution in [3.63, 3.8) is 0 Å². The van der Waals surface area contributed by atoms with E-state index in [1.807, 2.05) is 11.4 Å². The van der Waals surface area contributed by atoms with Gasteiger partial charge >= 0.3 is 5.97 Å². The molecule has 2 aromatic heterocycles. The highest BCUT2D eigenvalue weighted by Crippen LogP contribution is 2.28. The van der Waals surface area contributed by atoms with Crippen molar-refractivity contribution in [2.24, 2.45) is 0 Å². The lowest BCUT2D eigenvalue weighted by atomic mass is 10.2. The largest absolute Gasteiger partial charge is 0.469 e. The SMILES string of the molecule is COC(=O)Cc1ccc(C(=O)c2sccc2Br)s1. The van der Waals surface area contributed by atoms with Gasteiger partial charge in [0.2, 0.25) is 5.78 Å². The van der Waals surface area contributed by atoms with Gasteiger partial charge in [-0.2, -0.15) is 0 Å². The third-order valence-corrected chi connectivity index (χ3v) is 5.18. The number of methoxy groups -OCH3 is 1. The molecule has 0 amide bonds. The Morgan fingerprint density at radius 2 is 2.11 bits per heavy atom. The number of carbonyl (C=O) groups excluding carboxylic acids is 2. The van der Waals surface area contributed by atoms with Crippen molar-refractivity contribution in [2.75, 3.05) is 7.11 Å². The molecule has 0 aliphatic rings. The fourth-order valence-corrected chi connectivity index (χ4v) is 3.89. The van der Waals surface area contributed by atoms with Crippen LogP contribution in [0.1, 0.15) is 19.4 Å². The Kier molecular flexibility index (Phi) is 4.31. The van der Waals surface area contributed by atoms with Crippen LogP contribution in [-0.2, 0) is 16.0 Å². The van der Waals surface area contributed by atoms with E-state index in [4.69, 9.17) is 0 Å². The first-order valence-corrected chi connectivity index (χ1v) is 7.54. The number of carbonyl (C=O) groups is 2. The van der Waals surface area contributed by atoms with E-state index < -0.39 is 0 Å². The normalized spacial score (nSPS) is 10.3. The number of rotatable bonds is 4. The van der Waals surface area contributed by atoms with Gasteiger partial charge in [-0.05, 0) is 39.5 Å². The zero-order valence-electron chi connectivity index (χ0n) is 9.44. The van der Waals surface area contributed by atoms with Crippen LogP contribution in [0, 0.1) is 0 Å². The third kappa shape index (κ3) is 2.88. The van der Waals surface area contributed by atoms with Crippen LogP contribution in [0.25, 0.3) is 0 Å². The molecule has 0 aliphatic carbocycles. The zero-order chi connectivity index (χ0) is 13.1. The summed E-state index contributed by atoms with van der Waals surface area (Å²) in [5.41, 5.74) is 0. The molecule has 2 aromatic rings. The minimum absolute atomic E-state index is 0.0157. The average Bonchev–Trinajstić information content (AvgIpc) is 2.97. The van der Waals surface area contributed by atoms with E-state index in [2.05, 4.69) is 20.7 Å². The Labute approximate surface area is 121 Å². The summed E-state index contributed by atoms with van der Waals surface area (Å²) in [5.74, 6) is -0.314. The van der Waals surface area contributed by atoms with Crippen LogP contribution < -0.4 is 0 Å². The highest BCUT2D eigenvalue weighted by molar-refractivity contribution is 9.10. The van der Waals surface area contributed by atoms with E-state index in [9.17, 15) is 9.59 Å². The molecule has 0 bridgehead atoms. The van der Waals surface area contributed by atoms with Crippen LogP contribution in [0.4, 0.5) is 0 Å². The van der Waals surface area contributed by atoms with Gasteiger partial charge in [0, 0.05) is 9.35 Å². The average molecular weight is 345 g/mol. The minimum atomic E-state index is -0.298. The summed E-state index contributed by atoms with van der Waals surface area (Å²) in [4.78, 5) is 25.5. The summed E-state index contributed by atoms with van der Waals surface area (Å²) < 4.78 is 5.40. The Hall–Kier alpha value is -0.980. The Morgan fingerprint density at radius 3 is 2.72 bits per heavy atom. The maximum absolute atomic E-state index is 12.2. The van der Waals surface area contributed by atoms with Gasteiger partial charge in [-0.3, -0.25) is 9.59 Å². The molecule has 0 fully saturated rings. The lowest BCUT2D eigenvalue weighted by Crippen LogP contribution is -2.02. The second-order valence-electron chi connectivity index (χ2n) is 3.45. The summed E-state index contributed by atoms with van der Waals surface area (Å²) in [6, 6.07) is 5.38. The van der Waals surface area contributed by atoms with Gasteiger partial charge in [-0.25, -0.2) is 0 Å². The first kappa shape index (κ1) is 13.5. The summed E-state index contributed by atoms with van der Waals surface area (Å²) in [5, 5.41) is 1.86. The molecule has 0 radical (unpaired) electrons. The van der Waals surface area contributed by atoms with Crippen molar-refractivity contribution in [3.8, 4) is 0 Å². The van der Waals surface area contributed by atoms with Crippen molar-refractivity contribution < 1.29 is 14.3 Å². The second kappa shape index (κ2) is 5.77. The molecule has 6 heteroatoms. The lowest BCUT2D eigenvalue weighted by Gasteiger charge is -1.96. The van der Waals surface area contributed by atoms with Crippen LogP contribution >= 0.6 is 38.6 Å². The topological polar surface area (TPSA) is 43.4 Å². The minimum Gasteiger partial charge on any atom is -0.469 e. The van der Waals surface area contributed by atoms with Crippen molar-refractivity contribution in [2.45, 2.75) is 6.42 Å². The van der Waals surface area contributed by atoms with Crippen molar-refractivity contribution in [1.29, 1.82) is 0 Å². The second-order valence-corrected chi connectivity index (χ2v) is 6.38. The Bertz CT molecular complexity index is 586. The monoisotopic (exact) mass is 344 g/mol. The number of ketones is 1. The molecular formula is C12H9BrO3S2. The number of ether oxygens (including phenoxy) is 1. The predicted octanol–water partition coefficient (Wildman–Crippen LogP) is 3.52. The van der Waals surface area contributed by atoms with Gasteiger partial charge in [0.1, 0.15) is 0 Å². The molecule has 0 atom stereocenters. The highest BCUT2D eigenvalue weighted by Gasteiger charge is 2.16. The molecule has 94 valence electrons. The number of hydrogen-bond acceptors (Lipinski definition) is 5. The maximum Gasteiger partial charge on any atom is 0.310 e. The number of thiophene rings is 2. The fraction of sp³-hybridized carbons (Fsp3) is 0.167. The molecular weight excluding hydrogens is 336 g/mol. The summed E-state index contributed by atoms with van der Waals surface area (Å²) in [6.45, 7) is 0. The van der Waals surface area contributed by atoms with Gasteiger partial charge in [0.25, 0.3) is 0 Å². The van der Waals surface area contributed by atoms with E-state index in [0.717, 1.165) is 9.35 Å². The molecule has 0 saturated heterocycles. The molecule has 2 heterocycles. The van der Waals surface area contributed by atoms with Gasteiger partial charge in [-0.1, -0.05) is 0 Å². The van der Waals surface area contributed by atoms with Gasteiger partial charge < -0.3 is 4.74 Å². The van der Waals surface area contributed by atoms with Gasteiger partial charge in [-0.15, -0.1) is 22.7 Å². The maximum atomic E-state index is 12.2. The first-order chi connectivity index (χ1) is 8.61. The van der Waals surface area contributed by atoms with E-state index in [0.29, 0.717) is 9.75 Å². The first-order valence-electron chi connectivity index (χ1n) is 5.05. The van der Waals surface area contributed by atoms with Crippen LogP contribution in [0.15, 0.2) is 28.1 Å². The van der Waals surface area contributed by atoms with Crippen molar-refractivity contribution >= 4 is 50.4 Å². The predicted molar refractivity (Wildman–Crippen MR) is 75.5 cm³/mol. The number of halogens is 1. The standard InChI is InChI=1S/C12H9BrO3S2/c1-16-10(14)6-7-2-3-9(18-7)11(15)12-8(13)4-5-17-12/h2-5H,6H2,1H3. The van der Waals surface area contributed by atoms with Gasteiger partial charge in [0.15, 0.2) is 0 Å². The third-order valence-electron chi connectivity index (χ3n) is 2.26. The number of hydrogen-bond donors (Lipinski definition) is 0. The molecule has 18 heavy (non-hydrogen) atoms. The molecule has 0 aliphatic heterocycles. The molecule has 0 spiro atoms. The van der Waals surface area contributed by atoms with Crippen LogP contribution in [0.5, 0.6) is 0 Å². The van der Waals surface area contributed by atoms with E-state index in [1.54, 1.807) is 12.1 Å². The molecule has 0 saturated carbocycles. The Balaban J connectivity index is 2.18. The Morgan fingerprint density at radius 1 is 1.33 bits per heavy atom. The van der Waals surface area contributed by atoms with Crippen molar-refractivity contribution in [3.05, 3.63) is 42.7 Å². The molecule has 3 nitrogen and oxygen atoms in total. The molecule has 0 aromatic carbocycles. The molecule has 0 N–H and O–H groups in total. The lowest BCUT2D eigenvalue weighted by molar-refractivity contribution is -0.139.